The van der Waals surface area contributed by atoms with Gasteiger partial charge in [0.15, 0.2) is 6.29 Å². The van der Waals surface area contributed by atoms with E-state index in [1.54, 1.807) is 6.92 Å². The molecule has 2 aromatic rings. The van der Waals surface area contributed by atoms with E-state index in [1.807, 2.05) is 18.2 Å². The lowest BCUT2D eigenvalue weighted by Gasteiger charge is -2.34. The smallest absolute Gasteiger partial charge is 0.152 e. The molecule has 164 valence electrons. The Labute approximate surface area is 185 Å². The van der Waals surface area contributed by atoms with E-state index in [4.69, 9.17) is 4.74 Å². The molecule has 1 aliphatic carbocycles. The van der Waals surface area contributed by atoms with Crippen molar-refractivity contribution in [3.63, 3.8) is 0 Å². The summed E-state index contributed by atoms with van der Waals surface area (Å²) < 4.78 is 6.19. The van der Waals surface area contributed by atoms with Gasteiger partial charge in [-0.2, -0.15) is 0 Å². The third kappa shape index (κ3) is 5.55. The molecule has 0 spiro atoms. The van der Waals surface area contributed by atoms with Gasteiger partial charge in [0, 0.05) is 30.8 Å². The molecule has 4 heteroatoms. The lowest BCUT2D eigenvalue weighted by Crippen LogP contribution is -2.36. The van der Waals surface area contributed by atoms with E-state index in [1.165, 1.54) is 24.0 Å². The van der Waals surface area contributed by atoms with Crippen molar-refractivity contribution in [2.75, 3.05) is 24.6 Å². The second kappa shape index (κ2) is 9.67. The minimum Gasteiger partial charge on any atom is -0.493 e. The molecule has 1 saturated heterocycles. The fraction of sp³-hybridized carbons (Fsp3) is 0.481. The molecule has 4 rings (SSSR count). The third-order valence-electron chi connectivity index (χ3n) is 6.74. The zero-order valence-corrected chi connectivity index (χ0v) is 18.7. The van der Waals surface area contributed by atoms with Gasteiger partial charge in [0.2, 0.25) is 0 Å². The minimum atomic E-state index is 0.265. The van der Waals surface area contributed by atoms with Crippen molar-refractivity contribution in [2.45, 2.75) is 51.9 Å². The zero-order valence-electron chi connectivity index (χ0n) is 18.7. The monoisotopic (exact) mass is 419 g/mol. The van der Waals surface area contributed by atoms with Crippen LogP contribution in [0.2, 0.25) is 0 Å². The zero-order chi connectivity index (χ0) is 21.8. The maximum atomic E-state index is 11.7. The van der Waals surface area contributed by atoms with Crippen LogP contribution in [0.15, 0.2) is 42.5 Å². The standard InChI is InChI=1S/C27H33NO3/c1-19-6-7-24(17-29)27(14-19)28-12-10-21(11-13-28)18-31-25-5-3-4-23(16-25)26(15-20(2)30)22-8-9-22/h3-7,14,16-17,21-22,26H,8-13,15,18H2,1-2H3. The first kappa shape index (κ1) is 21.6. The van der Waals surface area contributed by atoms with Gasteiger partial charge in [0.1, 0.15) is 11.5 Å². The number of benzene rings is 2. The lowest BCUT2D eigenvalue weighted by atomic mass is 9.89. The topological polar surface area (TPSA) is 46.6 Å². The first-order valence-electron chi connectivity index (χ1n) is 11.6. The summed E-state index contributed by atoms with van der Waals surface area (Å²) in [5.74, 6) is 2.69. The highest BCUT2D eigenvalue weighted by atomic mass is 16.5. The summed E-state index contributed by atoms with van der Waals surface area (Å²) in [4.78, 5) is 25.5. The van der Waals surface area contributed by atoms with E-state index in [2.05, 4.69) is 36.1 Å². The molecule has 31 heavy (non-hydrogen) atoms. The molecule has 0 radical (unpaired) electrons. The number of Topliss-reactive ketones (excluding diaryl/α,β-unsaturated/α-hetero) is 1. The Bertz CT molecular complexity index is 926. The quantitative estimate of drug-likeness (QED) is 0.498. The van der Waals surface area contributed by atoms with Crippen LogP contribution in [0.3, 0.4) is 0 Å². The fourth-order valence-electron chi connectivity index (χ4n) is 4.78. The van der Waals surface area contributed by atoms with E-state index in [0.29, 0.717) is 30.8 Å². The van der Waals surface area contributed by atoms with E-state index >= 15 is 0 Å². The Kier molecular flexibility index (Phi) is 6.74. The highest BCUT2D eigenvalue weighted by molar-refractivity contribution is 5.85. The summed E-state index contributed by atoms with van der Waals surface area (Å²) in [5.41, 5.74) is 4.25. The second-order valence-electron chi connectivity index (χ2n) is 9.34. The summed E-state index contributed by atoms with van der Waals surface area (Å²) in [5, 5.41) is 0. The lowest BCUT2D eigenvalue weighted by molar-refractivity contribution is -0.117. The van der Waals surface area contributed by atoms with Gasteiger partial charge in [-0.25, -0.2) is 0 Å². The summed E-state index contributed by atoms with van der Waals surface area (Å²) >= 11 is 0. The Hall–Kier alpha value is -2.62. The highest BCUT2D eigenvalue weighted by Crippen LogP contribution is 2.45. The van der Waals surface area contributed by atoms with E-state index in [-0.39, 0.29) is 5.78 Å². The van der Waals surface area contributed by atoms with Crippen LogP contribution in [0.5, 0.6) is 5.75 Å². The first-order chi connectivity index (χ1) is 15.0. The molecule has 0 bridgehead atoms. The summed E-state index contributed by atoms with van der Waals surface area (Å²) in [6.45, 7) is 6.36. The van der Waals surface area contributed by atoms with Crippen LogP contribution < -0.4 is 9.64 Å². The van der Waals surface area contributed by atoms with Crippen LogP contribution in [0.1, 0.15) is 66.4 Å². The SMILES string of the molecule is CC(=O)CC(c1cccc(OCC2CCN(c3cc(C)ccc3C=O)CC2)c1)C1CC1. The number of piperidine rings is 1. The molecule has 2 fully saturated rings. The van der Waals surface area contributed by atoms with Crippen LogP contribution in [0, 0.1) is 18.8 Å². The molecule has 1 unspecified atom stereocenters. The van der Waals surface area contributed by atoms with Crippen molar-refractivity contribution >= 4 is 17.8 Å². The van der Waals surface area contributed by atoms with Gasteiger partial charge < -0.3 is 14.4 Å². The van der Waals surface area contributed by atoms with Gasteiger partial charge in [-0.1, -0.05) is 18.2 Å². The summed E-state index contributed by atoms with van der Waals surface area (Å²) in [6.07, 6.45) is 6.16. The predicted molar refractivity (Wildman–Crippen MR) is 124 cm³/mol. The fourth-order valence-corrected chi connectivity index (χ4v) is 4.78. The molecule has 0 aromatic heterocycles. The van der Waals surface area contributed by atoms with Crippen molar-refractivity contribution in [3.8, 4) is 5.75 Å². The Morgan fingerprint density at radius 3 is 2.58 bits per heavy atom. The van der Waals surface area contributed by atoms with Crippen molar-refractivity contribution in [3.05, 3.63) is 59.2 Å². The first-order valence-corrected chi connectivity index (χ1v) is 11.6. The van der Waals surface area contributed by atoms with Gasteiger partial charge in [0.05, 0.1) is 6.61 Å². The number of aldehydes is 1. The number of anilines is 1. The van der Waals surface area contributed by atoms with Crippen LogP contribution in [0.4, 0.5) is 5.69 Å². The van der Waals surface area contributed by atoms with Gasteiger partial charge >= 0.3 is 0 Å². The summed E-state index contributed by atoms with van der Waals surface area (Å²) in [6, 6.07) is 14.4. The Morgan fingerprint density at radius 1 is 1.13 bits per heavy atom. The Morgan fingerprint density at radius 2 is 1.90 bits per heavy atom. The van der Waals surface area contributed by atoms with E-state index in [0.717, 1.165) is 49.2 Å². The molecule has 0 amide bonds. The number of aryl methyl sites for hydroxylation is 1. The second-order valence-corrected chi connectivity index (χ2v) is 9.34. The molecule has 1 atom stereocenters. The number of ether oxygens (including phenoxy) is 1. The predicted octanol–water partition coefficient (Wildman–Crippen LogP) is 5.58. The molecular formula is C27H33NO3. The van der Waals surface area contributed by atoms with Crippen LogP contribution >= 0.6 is 0 Å². The van der Waals surface area contributed by atoms with Crippen LogP contribution in [-0.2, 0) is 4.79 Å². The van der Waals surface area contributed by atoms with Crippen molar-refractivity contribution in [1.29, 1.82) is 0 Å². The van der Waals surface area contributed by atoms with E-state index in [9.17, 15) is 9.59 Å². The normalized spacial score (nSPS) is 17.9. The van der Waals surface area contributed by atoms with Crippen molar-refractivity contribution in [2.24, 2.45) is 11.8 Å². The molecule has 2 aliphatic rings. The third-order valence-corrected chi connectivity index (χ3v) is 6.74. The maximum absolute atomic E-state index is 11.7. The molecular weight excluding hydrogens is 386 g/mol. The molecule has 1 saturated carbocycles. The molecule has 0 N–H and O–H groups in total. The average Bonchev–Trinajstić information content (AvgIpc) is 3.62. The van der Waals surface area contributed by atoms with Crippen LogP contribution in [-0.4, -0.2) is 31.8 Å². The van der Waals surface area contributed by atoms with E-state index < -0.39 is 0 Å². The van der Waals surface area contributed by atoms with Gasteiger partial charge in [0.25, 0.3) is 0 Å². The number of hydrogen-bond acceptors (Lipinski definition) is 4. The van der Waals surface area contributed by atoms with Gasteiger partial charge in [-0.15, -0.1) is 0 Å². The van der Waals surface area contributed by atoms with Crippen LogP contribution in [0.25, 0.3) is 0 Å². The number of hydrogen-bond donors (Lipinski definition) is 0. The highest BCUT2D eigenvalue weighted by Gasteiger charge is 2.33. The number of nitrogens with zero attached hydrogens (tertiary/aromatic N) is 1. The van der Waals surface area contributed by atoms with Crippen molar-refractivity contribution < 1.29 is 14.3 Å². The molecule has 4 nitrogen and oxygen atoms in total. The maximum Gasteiger partial charge on any atom is 0.152 e. The Balaban J connectivity index is 1.32. The molecule has 1 heterocycles. The number of rotatable bonds is 9. The number of carbonyl (C=O) groups is 2. The minimum absolute atomic E-state index is 0.265. The molecule has 1 aliphatic heterocycles. The molecule has 2 aromatic carbocycles. The van der Waals surface area contributed by atoms with Gasteiger partial charge in [-0.3, -0.25) is 4.79 Å². The van der Waals surface area contributed by atoms with Crippen molar-refractivity contribution in [1.82, 2.24) is 0 Å². The number of carbonyl (C=O) groups excluding carboxylic acids is 2. The van der Waals surface area contributed by atoms with Gasteiger partial charge in [-0.05, 0) is 92.7 Å². The largest absolute Gasteiger partial charge is 0.493 e. The number of ketones is 1. The summed E-state index contributed by atoms with van der Waals surface area (Å²) in [7, 11) is 0. The average molecular weight is 420 g/mol.